The Morgan fingerprint density at radius 1 is 1.19 bits per heavy atom. The van der Waals surface area contributed by atoms with Gasteiger partial charge in [0.25, 0.3) is 0 Å². The Balaban J connectivity index is 1.57. The number of benzene rings is 2. The van der Waals surface area contributed by atoms with Crippen LogP contribution in [0.5, 0.6) is 0 Å². The lowest BCUT2D eigenvalue weighted by Gasteiger charge is -2.50. The van der Waals surface area contributed by atoms with Crippen molar-refractivity contribution in [2.45, 2.75) is 44.9 Å². The Morgan fingerprint density at radius 3 is 2.62 bits per heavy atom. The summed E-state index contributed by atoms with van der Waals surface area (Å²) in [5.41, 5.74) is 5.08. The van der Waals surface area contributed by atoms with Gasteiger partial charge in [0.15, 0.2) is 0 Å². The first-order valence-electron chi connectivity index (χ1n) is 11.9. The topological polar surface area (TPSA) is 82.7 Å². The summed E-state index contributed by atoms with van der Waals surface area (Å²) in [6.45, 7) is 4.22. The van der Waals surface area contributed by atoms with E-state index in [4.69, 9.17) is 0 Å². The number of nitrogens with zero attached hydrogens (tertiary/aromatic N) is 2. The third-order valence-electron chi connectivity index (χ3n) is 6.72. The number of amides is 2. The van der Waals surface area contributed by atoms with Gasteiger partial charge in [-0.1, -0.05) is 13.0 Å². The molecule has 7 nitrogen and oxygen atoms in total. The molecule has 2 aliphatic heterocycles. The number of hydroxylamine groups is 2. The average molecular weight is 519 g/mol. The van der Waals surface area contributed by atoms with Crippen LogP contribution in [-0.4, -0.2) is 35.7 Å². The zero-order chi connectivity index (χ0) is 26.9. The van der Waals surface area contributed by atoms with Gasteiger partial charge in [-0.25, -0.2) is 14.6 Å². The number of hydrogen-bond donors (Lipinski definition) is 3. The molecule has 2 aromatic rings. The van der Waals surface area contributed by atoms with E-state index in [9.17, 15) is 27.6 Å². The fourth-order valence-electron chi connectivity index (χ4n) is 4.84. The Morgan fingerprint density at radius 2 is 1.95 bits per heavy atom. The highest BCUT2D eigenvalue weighted by atomic mass is 19.4. The lowest BCUT2D eigenvalue weighted by atomic mass is 9.83. The van der Waals surface area contributed by atoms with E-state index in [0.29, 0.717) is 30.5 Å². The van der Waals surface area contributed by atoms with E-state index < -0.39 is 29.6 Å². The monoisotopic (exact) mass is 518 g/mol. The van der Waals surface area contributed by atoms with Gasteiger partial charge in [0.05, 0.1) is 17.8 Å². The fourth-order valence-corrected chi connectivity index (χ4v) is 4.84. The van der Waals surface area contributed by atoms with Crippen molar-refractivity contribution in [3.05, 3.63) is 87.5 Å². The van der Waals surface area contributed by atoms with Crippen molar-refractivity contribution in [2.24, 2.45) is 0 Å². The van der Waals surface area contributed by atoms with Crippen LogP contribution in [0.4, 0.5) is 33.7 Å². The molecule has 0 aliphatic carbocycles. The molecule has 4 rings (SSSR count). The van der Waals surface area contributed by atoms with E-state index in [1.165, 1.54) is 18.2 Å². The quantitative estimate of drug-likeness (QED) is 0.418. The van der Waals surface area contributed by atoms with Gasteiger partial charge in [-0.05, 0) is 78.4 Å². The molecule has 2 aromatic carbocycles. The van der Waals surface area contributed by atoms with Crippen LogP contribution in [0.15, 0.2) is 59.8 Å². The van der Waals surface area contributed by atoms with E-state index in [1.807, 2.05) is 24.2 Å². The first-order chi connectivity index (χ1) is 17.5. The summed E-state index contributed by atoms with van der Waals surface area (Å²) in [7, 11) is 1.80. The molecule has 0 saturated heterocycles. The molecule has 0 saturated carbocycles. The summed E-state index contributed by atoms with van der Waals surface area (Å²) in [6, 6.07) is 4.94. The minimum Gasteiger partial charge on any atom is -0.784 e. The van der Waals surface area contributed by atoms with Gasteiger partial charge in [0.2, 0.25) is 0 Å². The van der Waals surface area contributed by atoms with Crippen molar-refractivity contribution >= 4 is 17.4 Å². The molecule has 0 fully saturated rings. The third-order valence-corrected chi connectivity index (χ3v) is 6.72. The van der Waals surface area contributed by atoms with Gasteiger partial charge >= 0.3 is 12.2 Å². The zero-order valence-electron chi connectivity index (χ0n) is 20.6. The number of carbonyl (C=O) groups excluding carboxylic acids is 1. The van der Waals surface area contributed by atoms with Gasteiger partial charge in [-0.3, -0.25) is 0 Å². The largest absolute Gasteiger partial charge is 0.784 e. The van der Waals surface area contributed by atoms with Crippen LogP contribution < -0.4 is 16.1 Å². The molecule has 2 amide bonds. The number of aryl methyl sites for hydroxylation is 1. The number of rotatable bonds is 5. The molecule has 0 radical (unpaired) electrons. The number of carbonyl (C=O) groups is 1. The second kappa shape index (κ2) is 10.5. The van der Waals surface area contributed by atoms with Crippen LogP contribution in [0.25, 0.3) is 0 Å². The zero-order valence-corrected chi connectivity index (χ0v) is 20.6. The molecular weight excluding hydrogens is 490 g/mol. The van der Waals surface area contributed by atoms with E-state index in [2.05, 4.69) is 16.1 Å². The molecule has 2 unspecified atom stereocenters. The van der Waals surface area contributed by atoms with Crippen LogP contribution in [0, 0.1) is 17.9 Å². The SMILES string of the molecule is CCC1C2=C(C=CN(NC)C2)CC(c2cc(NC(=O)Nc3cccc(C(F)(F)F)c3)c(F)cc2C)N1[O-]. The molecule has 2 aliphatic rings. The van der Waals surface area contributed by atoms with Gasteiger partial charge in [0, 0.05) is 31.0 Å². The summed E-state index contributed by atoms with van der Waals surface area (Å²) in [6.07, 6.45) is 0.325. The van der Waals surface area contributed by atoms with Crippen LogP contribution in [0.1, 0.15) is 42.5 Å². The summed E-state index contributed by atoms with van der Waals surface area (Å²) in [5, 5.41) is 21.1. The summed E-state index contributed by atoms with van der Waals surface area (Å²) in [5.74, 6) is -0.720. The summed E-state index contributed by atoms with van der Waals surface area (Å²) in [4.78, 5) is 12.5. The van der Waals surface area contributed by atoms with Crippen molar-refractivity contribution in [1.29, 1.82) is 0 Å². The molecule has 0 spiro atoms. The van der Waals surface area contributed by atoms with E-state index in [1.54, 1.807) is 14.0 Å². The molecule has 0 aromatic heterocycles. The van der Waals surface area contributed by atoms with Gasteiger partial charge < -0.3 is 25.9 Å². The van der Waals surface area contributed by atoms with Crippen LogP contribution >= 0.6 is 0 Å². The van der Waals surface area contributed by atoms with Crippen molar-refractivity contribution in [2.75, 3.05) is 24.2 Å². The Bertz CT molecular complexity index is 1240. The first-order valence-corrected chi connectivity index (χ1v) is 11.9. The number of anilines is 2. The van der Waals surface area contributed by atoms with E-state index in [0.717, 1.165) is 34.4 Å². The van der Waals surface area contributed by atoms with Crippen LogP contribution in [0.3, 0.4) is 0 Å². The van der Waals surface area contributed by atoms with Crippen molar-refractivity contribution in [3.63, 3.8) is 0 Å². The average Bonchev–Trinajstić information content (AvgIpc) is 2.85. The van der Waals surface area contributed by atoms with Crippen LogP contribution in [-0.2, 0) is 6.18 Å². The minimum absolute atomic E-state index is 0.0944. The molecule has 0 bridgehead atoms. The Labute approximate surface area is 212 Å². The van der Waals surface area contributed by atoms with Crippen molar-refractivity contribution < 1.29 is 22.4 Å². The number of hydrogen-bond acceptors (Lipinski definition) is 5. The predicted molar refractivity (Wildman–Crippen MR) is 134 cm³/mol. The normalized spacial score (nSPS) is 20.2. The lowest BCUT2D eigenvalue weighted by Crippen LogP contribution is -2.45. The van der Waals surface area contributed by atoms with Gasteiger partial charge in [-0.15, -0.1) is 0 Å². The highest BCUT2D eigenvalue weighted by molar-refractivity contribution is 6.00. The number of nitrogens with one attached hydrogen (secondary N) is 3. The number of alkyl halides is 3. The lowest BCUT2D eigenvalue weighted by molar-refractivity contribution is -0.137. The first kappa shape index (κ1) is 26.6. The number of hydrazine groups is 1. The molecular formula is C26H28F4N5O2-. The maximum absolute atomic E-state index is 14.8. The minimum atomic E-state index is -4.57. The predicted octanol–water partition coefficient (Wildman–Crippen LogP) is 6.08. The van der Waals surface area contributed by atoms with E-state index in [-0.39, 0.29) is 17.4 Å². The summed E-state index contributed by atoms with van der Waals surface area (Å²) < 4.78 is 53.7. The summed E-state index contributed by atoms with van der Waals surface area (Å²) >= 11 is 0. The third kappa shape index (κ3) is 5.63. The molecule has 3 N–H and O–H groups in total. The van der Waals surface area contributed by atoms with Crippen molar-refractivity contribution in [3.8, 4) is 0 Å². The molecule has 2 atom stereocenters. The molecule has 2 heterocycles. The molecule has 37 heavy (non-hydrogen) atoms. The second-order valence-electron chi connectivity index (χ2n) is 9.07. The second-order valence-corrected chi connectivity index (χ2v) is 9.07. The number of urea groups is 1. The highest BCUT2D eigenvalue weighted by Gasteiger charge is 2.33. The standard InChI is InChI=1S/C26H28F4N5O2/c1-4-23-20-14-34(31-3)9-8-16(20)11-24(35(23)37)19-13-22(21(27)10-15(19)2)33-25(36)32-18-7-5-6-17(12-18)26(28,29)30/h5-10,12-13,23-24,31H,4,11,14H2,1-3H3,(H2,32,33,36)/q-1. The van der Waals surface area contributed by atoms with Crippen molar-refractivity contribution in [1.82, 2.24) is 15.5 Å². The van der Waals surface area contributed by atoms with Gasteiger partial charge in [-0.2, -0.15) is 13.2 Å². The smallest absolute Gasteiger partial charge is 0.416 e. The van der Waals surface area contributed by atoms with Crippen LogP contribution in [0.2, 0.25) is 0 Å². The fraction of sp³-hybridized carbons (Fsp3) is 0.346. The maximum Gasteiger partial charge on any atom is 0.416 e. The Kier molecular flexibility index (Phi) is 7.58. The maximum atomic E-state index is 14.8. The number of allylic oxidation sites excluding steroid dienone is 1. The van der Waals surface area contributed by atoms with Gasteiger partial charge in [0.1, 0.15) is 5.82 Å². The van der Waals surface area contributed by atoms with E-state index >= 15 is 0 Å². The number of halogens is 4. The molecule has 198 valence electrons. The Hall–Kier alpha value is -3.41. The highest BCUT2D eigenvalue weighted by Crippen LogP contribution is 2.42. The molecule has 11 heteroatoms.